The quantitative estimate of drug-likeness (QED) is 0.727. The summed E-state index contributed by atoms with van der Waals surface area (Å²) in [5.74, 6) is 0. The van der Waals surface area contributed by atoms with Gasteiger partial charge in [-0.2, -0.15) is 0 Å². The number of hydrogen-bond acceptors (Lipinski definition) is 2. The van der Waals surface area contributed by atoms with Gasteiger partial charge in [-0.15, -0.1) is 0 Å². The maximum absolute atomic E-state index is 3.94. The van der Waals surface area contributed by atoms with Crippen LogP contribution in [-0.2, 0) is 13.0 Å². The molecule has 94 valence electrons. The fraction of sp³-hybridized carbons (Fsp3) is 0.467. The minimum Gasteiger partial charge on any atom is -0.319 e. The van der Waals surface area contributed by atoms with Crippen molar-refractivity contribution >= 4 is 0 Å². The van der Waals surface area contributed by atoms with Crippen LogP contribution in [0, 0.1) is 0 Å². The summed E-state index contributed by atoms with van der Waals surface area (Å²) in [5.41, 5.74) is 3.96. The van der Waals surface area contributed by atoms with E-state index in [9.17, 15) is 0 Å². The molecule has 1 aromatic rings. The molecule has 0 heterocycles. The SMILES string of the molecule is C=C(C)CN(C)Cc1ccc(CCNC)cc1. The highest BCUT2D eigenvalue weighted by Crippen LogP contribution is 2.08. The molecule has 0 saturated carbocycles. The highest BCUT2D eigenvalue weighted by molar-refractivity contribution is 5.22. The van der Waals surface area contributed by atoms with E-state index in [0.29, 0.717) is 0 Å². The van der Waals surface area contributed by atoms with Crippen molar-refractivity contribution in [3.8, 4) is 0 Å². The van der Waals surface area contributed by atoms with Crippen LogP contribution in [0.1, 0.15) is 18.1 Å². The zero-order valence-corrected chi connectivity index (χ0v) is 11.3. The minimum absolute atomic E-state index is 0.960. The fourth-order valence-corrected chi connectivity index (χ4v) is 1.91. The normalized spacial score (nSPS) is 10.8. The van der Waals surface area contributed by atoms with Gasteiger partial charge in [-0.05, 0) is 45.1 Å². The summed E-state index contributed by atoms with van der Waals surface area (Å²) in [6.07, 6.45) is 1.10. The zero-order chi connectivity index (χ0) is 12.7. The third-order valence-electron chi connectivity index (χ3n) is 2.68. The second-order valence-corrected chi connectivity index (χ2v) is 4.80. The van der Waals surface area contributed by atoms with E-state index in [1.165, 1.54) is 16.7 Å². The van der Waals surface area contributed by atoms with E-state index in [-0.39, 0.29) is 0 Å². The van der Waals surface area contributed by atoms with Gasteiger partial charge in [0.15, 0.2) is 0 Å². The predicted molar refractivity (Wildman–Crippen MR) is 75.2 cm³/mol. The van der Waals surface area contributed by atoms with Gasteiger partial charge in [0.2, 0.25) is 0 Å². The molecule has 0 spiro atoms. The Morgan fingerprint density at radius 2 is 1.82 bits per heavy atom. The van der Waals surface area contributed by atoms with Crippen molar-refractivity contribution in [2.24, 2.45) is 0 Å². The Morgan fingerprint density at radius 3 is 2.35 bits per heavy atom. The summed E-state index contributed by atoms with van der Waals surface area (Å²) in [6.45, 7) is 8.98. The number of likely N-dealkylation sites (N-methyl/N-ethyl adjacent to an activating group) is 2. The van der Waals surface area contributed by atoms with Gasteiger partial charge < -0.3 is 5.32 Å². The number of nitrogens with one attached hydrogen (secondary N) is 1. The van der Waals surface area contributed by atoms with Crippen molar-refractivity contribution in [1.29, 1.82) is 0 Å². The zero-order valence-electron chi connectivity index (χ0n) is 11.3. The van der Waals surface area contributed by atoms with Crippen LogP contribution in [0.5, 0.6) is 0 Å². The molecule has 2 nitrogen and oxygen atoms in total. The first-order chi connectivity index (χ1) is 8.11. The number of nitrogens with zero attached hydrogens (tertiary/aromatic N) is 1. The molecule has 0 bridgehead atoms. The molecule has 0 fully saturated rings. The molecule has 17 heavy (non-hydrogen) atoms. The van der Waals surface area contributed by atoms with E-state index >= 15 is 0 Å². The Morgan fingerprint density at radius 1 is 1.24 bits per heavy atom. The lowest BCUT2D eigenvalue weighted by Crippen LogP contribution is -2.19. The molecule has 2 heteroatoms. The molecule has 0 saturated heterocycles. The van der Waals surface area contributed by atoms with Crippen molar-refractivity contribution in [2.45, 2.75) is 19.9 Å². The Bertz CT molecular complexity index is 340. The van der Waals surface area contributed by atoms with Gasteiger partial charge in [0, 0.05) is 13.1 Å². The minimum atomic E-state index is 0.960. The number of rotatable bonds is 7. The highest BCUT2D eigenvalue weighted by atomic mass is 15.1. The van der Waals surface area contributed by atoms with Crippen molar-refractivity contribution in [2.75, 3.05) is 27.2 Å². The van der Waals surface area contributed by atoms with Crippen LogP contribution in [-0.4, -0.2) is 32.1 Å². The Balaban J connectivity index is 2.47. The van der Waals surface area contributed by atoms with Crippen LogP contribution >= 0.6 is 0 Å². The molecule has 0 unspecified atom stereocenters. The molecule has 0 atom stereocenters. The molecule has 1 aromatic carbocycles. The molecule has 1 N–H and O–H groups in total. The van der Waals surface area contributed by atoms with Crippen LogP contribution in [0.2, 0.25) is 0 Å². The fourth-order valence-electron chi connectivity index (χ4n) is 1.91. The molecule has 0 amide bonds. The van der Waals surface area contributed by atoms with E-state index in [1.807, 2.05) is 7.05 Å². The third-order valence-corrected chi connectivity index (χ3v) is 2.68. The summed E-state index contributed by atoms with van der Waals surface area (Å²) in [4.78, 5) is 2.28. The summed E-state index contributed by atoms with van der Waals surface area (Å²) in [5, 5.41) is 3.17. The summed E-state index contributed by atoms with van der Waals surface area (Å²) in [7, 11) is 4.12. The summed E-state index contributed by atoms with van der Waals surface area (Å²) >= 11 is 0. The van der Waals surface area contributed by atoms with Crippen LogP contribution in [0.15, 0.2) is 36.4 Å². The standard InChI is InChI=1S/C15H24N2/c1-13(2)11-17(4)12-15-7-5-14(6-8-15)9-10-16-3/h5-8,16H,1,9-12H2,2-4H3. The van der Waals surface area contributed by atoms with E-state index in [4.69, 9.17) is 0 Å². The molecule has 0 aliphatic heterocycles. The van der Waals surface area contributed by atoms with Crippen LogP contribution in [0.4, 0.5) is 0 Å². The van der Waals surface area contributed by atoms with Gasteiger partial charge in [-0.3, -0.25) is 4.90 Å². The van der Waals surface area contributed by atoms with E-state index in [1.54, 1.807) is 0 Å². The predicted octanol–water partition coefficient (Wildman–Crippen LogP) is 2.46. The first kappa shape index (κ1) is 13.9. The van der Waals surface area contributed by atoms with Crippen molar-refractivity contribution in [3.05, 3.63) is 47.5 Å². The molecule has 0 aromatic heterocycles. The van der Waals surface area contributed by atoms with Crippen molar-refractivity contribution < 1.29 is 0 Å². The average Bonchev–Trinajstić information content (AvgIpc) is 2.27. The second-order valence-electron chi connectivity index (χ2n) is 4.80. The molecular formula is C15H24N2. The van der Waals surface area contributed by atoms with Gasteiger partial charge in [0.1, 0.15) is 0 Å². The van der Waals surface area contributed by atoms with Crippen LogP contribution < -0.4 is 5.32 Å². The lowest BCUT2D eigenvalue weighted by molar-refractivity contribution is 0.355. The lowest BCUT2D eigenvalue weighted by atomic mass is 10.1. The Kier molecular flexibility index (Phi) is 5.95. The molecule has 0 radical (unpaired) electrons. The van der Waals surface area contributed by atoms with Crippen molar-refractivity contribution in [1.82, 2.24) is 10.2 Å². The molecule has 0 aliphatic rings. The molecular weight excluding hydrogens is 208 g/mol. The molecule has 1 rings (SSSR count). The van der Waals surface area contributed by atoms with Gasteiger partial charge >= 0.3 is 0 Å². The maximum atomic E-state index is 3.94. The van der Waals surface area contributed by atoms with Crippen LogP contribution in [0.3, 0.4) is 0 Å². The number of benzene rings is 1. The monoisotopic (exact) mass is 232 g/mol. The highest BCUT2D eigenvalue weighted by Gasteiger charge is 2.00. The Hall–Kier alpha value is -1.12. The van der Waals surface area contributed by atoms with Gasteiger partial charge in [0.25, 0.3) is 0 Å². The van der Waals surface area contributed by atoms with E-state index in [2.05, 4.69) is 55.0 Å². The average molecular weight is 232 g/mol. The second kappa shape index (κ2) is 7.25. The number of hydrogen-bond donors (Lipinski definition) is 1. The van der Waals surface area contributed by atoms with Crippen LogP contribution in [0.25, 0.3) is 0 Å². The van der Waals surface area contributed by atoms with E-state index in [0.717, 1.165) is 26.1 Å². The topological polar surface area (TPSA) is 15.3 Å². The van der Waals surface area contributed by atoms with Gasteiger partial charge in [0.05, 0.1) is 0 Å². The third kappa shape index (κ3) is 5.66. The van der Waals surface area contributed by atoms with Crippen molar-refractivity contribution in [3.63, 3.8) is 0 Å². The molecule has 0 aliphatic carbocycles. The smallest absolute Gasteiger partial charge is 0.0234 e. The van der Waals surface area contributed by atoms with E-state index < -0.39 is 0 Å². The summed E-state index contributed by atoms with van der Waals surface area (Å²) < 4.78 is 0. The lowest BCUT2D eigenvalue weighted by Gasteiger charge is -2.16. The van der Waals surface area contributed by atoms with Gasteiger partial charge in [-0.1, -0.05) is 36.4 Å². The largest absolute Gasteiger partial charge is 0.319 e. The maximum Gasteiger partial charge on any atom is 0.0234 e. The summed E-state index contributed by atoms with van der Waals surface area (Å²) in [6, 6.07) is 8.89. The first-order valence-corrected chi connectivity index (χ1v) is 6.17. The van der Waals surface area contributed by atoms with Gasteiger partial charge in [-0.25, -0.2) is 0 Å². The first-order valence-electron chi connectivity index (χ1n) is 6.17. The Labute approximate surface area is 105 Å².